The number of fused-ring (bicyclic) bond motifs is 2. The van der Waals surface area contributed by atoms with E-state index in [1.165, 1.54) is 16.9 Å². The standard InChI is InChI=1S/C26H25N3O3S/c1-5-16-7-9-17(10-8-16)22-21-23(30)18-13-15(4)6-11-19(18)32-24(21)25(31)29(22)26-28-27-20(33-26)12-14(2)3/h6-11,13-14,22H,5,12H2,1-4H3. The van der Waals surface area contributed by atoms with Crippen LogP contribution in [-0.2, 0) is 12.8 Å². The smallest absolute Gasteiger partial charge is 0.297 e. The first-order valence-corrected chi connectivity index (χ1v) is 12.0. The van der Waals surface area contributed by atoms with E-state index in [2.05, 4.69) is 31.0 Å². The van der Waals surface area contributed by atoms with Crippen LogP contribution in [0.15, 0.2) is 51.7 Å². The molecule has 5 rings (SSSR count). The number of nitrogens with zero attached hydrogens (tertiary/aromatic N) is 3. The largest absolute Gasteiger partial charge is 0.450 e. The Labute approximate surface area is 195 Å². The highest BCUT2D eigenvalue weighted by molar-refractivity contribution is 7.15. The molecule has 1 unspecified atom stereocenters. The molecule has 0 saturated carbocycles. The molecule has 1 amide bonds. The highest BCUT2D eigenvalue weighted by atomic mass is 32.1. The van der Waals surface area contributed by atoms with Gasteiger partial charge in [0.15, 0.2) is 5.43 Å². The van der Waals surface area contributed by atoms with Crippen LogP contribution in [0.25, 0.3) is 11.0 Å². The highest BCUT2D eigenvalue weighted by Gasteiger charge is 2.45. The first kappa shape index (κ1) is 21.5. The lowest BCUT2D eigenvalue weighted by Crippen LogP contribution is -2.29. The molecule has 1 atom stereocenters. The molecule has 6 nitrogen and oxygen atoms in total. The average Bonchev–Trinajstić information content (AvgIpc) is 3.36. The second-order valence-corrected chi connectivity index (χ2v) is 9.96. The maximum Gasteiger partial charge on any atom is 0.297 e. The minimum Gasteiger partial charge on any atom is -0.450 e. The van der Waals surface area contributed by atoms with Crippen LogP contribution in [0.4, 0.5) is 5.13 Å². The Morgan fingerprint density at radius 3 is 2.55 bits per heavy atom. The summed E-state index contributed by atoms with van der Waals surface area (Å²) in [6.45, 7) is 8.26. The number of hydrogen-bond acceptors (Lipinski definition) is 6. The summed E-state index contributed by atoms with van der Waals surface area (Å²) in [4.78, 5) is 28.9. The fraction of sp³-hybridized carbons (Fsp3) is 0.308. The monoisotopic (exact) mass is 459 g/mol. The number of benzene rings is 2. The Morgan fingerprint density at radius 2 is 1.85 bits per heavy atom. The van der Waals surface area contributed by atoms with E-state index >= 15 is 0 Å². The van der Waals surface area contributed by atoms with E-state index in [0.717, 1.165) is 29.0 Å². The van der Waals surface area contributed by atoms with Crippen LogP contribution in [0, 0.1) is 12.8 Å². The average molecular weight is 460 g/mol. The third-order valence-electron chi connectivity index (χ3n) is 5.97. The van der Waals surface area contributed by atoms with Crippen LogP contribution in [0.3, 0.4) is 0 Å². The topological polar surface area (TPSA) is 76.3 Å². The lowest BCUT2D eigenvalue weighted by Gasteiger charge is -2.22. The summed E-state index contributed by atoms with van der Waals surface area (Å²) >= 11 is 1.39. The van der Waals surface area contributed by atoms with E-state index in [-0.39, 0.29) is 17.1 Å². The van der Waals surface area contributed by atoms with Gasteiger partial charge in [-0.3, -0.25) is 14.5 Å². The van der Waals surface area contributed by atoms with Crippen molar-refractivity contribution in [2.24, 2.45) is 5.92 Å². The number of rotatable bonds is 5. The van der Waals surface area contributed by atoms with Crippen LogP contribution in [0.2, 0.25) is 0 Å². The fourth-order valence-corrected chi connectivity index (χ4v) is 5.39. The summed E-state index contributed by atoms with van der Waals surface area (Å²) in [5.41, 5.74) is 3.59. The van der Waals surface area contributed by atoms with Crippen LogP contribution in [0.1, 0.15) is 64.6 Å². The summed E-state index contributed by atoms with van der Waals surface area (Å²) in [6, 6.07) is 12.9. The summed E-state index contributed by atoms with van der Waals surface area (Å²) in [5, 5.41) is 10.5. The zero-order valence-corrected chi connectivity index (χ0v) is 19.9. The molecule has 0 spiro atoms. The molecular formula is C26H25N3O3S. The Kier molecular flexibility index (Phi) is 5.37. The maximum atomic E-state index is 13.7. The van der Waals surface area contributed by atoms with Crippen LogP contribution in [0.5, 0.6) is 0 Å². The minimum absolute atomic E-state index is 0.0848. The van der Waals surface area contributed by atoms with Crippen molar-refractivity contribution in [3.63, 3.8) is 0 Å². The van der Waals surface area contributed by atoms with Gasteiger partial charge in [-0.05, 0) is 42.5 Å². The highest BCUT2D eigenvalue weighted by Crippen LogP contribution is 2.42. The van der Waals surface area contributed by atoms with Crippen molar-refractivity contribution in [1.29, 1.82) is 0 Å². The van der Waals surface area contributed by atoms with Crippen LogP contribution >= 0.6 is 11.3 Å². The van der Waals surface area contributed by atoms with E-state index in [9.17, 15) is 9.59 Å². The molecule has 2 aromatic carbocycles. The Morgan fingerprint density at radius 1 is 1.09 bits per heavy atom. The number of aromatic nitrogens is 2. The number of carbonyl (C=O) groups is 1. The van der Waals surface area contributed by atoms with E-state index in [1.807, 2.05) is 43.3 Å². The van der Waals surface area contributed by atoms with Crippen LogP contribution in [-0.4, -0.2) is 16.1 Å². The molecule has 0 bridgehead atoms. The van der Waals surface area contributed by atoms with Gasteiger partial charge >= 0.3 is 0 Å². The van der Waals surface area contributed by atoms with Crippen molar-refractivity contribution in [2.45, 2.75) is 46.6 Å². The zero-order valence-electron chi connectivity index (χ0n) is 19.1. The predicted molar refractivity (Wildman–Crippen MR) is 130 cm³/mol. The summed E-state index contributed by atoms with van der Waals surface area (Å²) in [5.74, 6) is 0.148. The van der Waals surface area contributed by atoms with E-state index in [4.69, 9.17) is 4.42 Å². The SMILES string of the molecule is CCc1ccc(C2c3c(oc4ccc(C)cc4c3=O)C(=O)N2c2nnc(CC(C)C)s2)cc1. The van der Waals surface area contributed by atoms with Crippen molar-refractivity contribution < 1.29 is 9.21 Å². The van der Waals surface area contributed by atoms with Gasteiger partial charge in [-0.25, -0.2) is 0 Å². The third-order valence-corrected chi connectivity index (χ3v) is 6.92. The molecule has 3 heterocycles. The fourth-order valence-electron chi connectivity index (χ4n) is 4.31. The Hall–Kier alpha value is -3.32. The molecule has 33 heavy (non-hydrogen) atoms. The van der Waals surface area contributed by atoms with Crippen molar-refractivity contribution in [2.75, 3.05) is 4.90 Å². The van der Waals surface area contributed by atoms with E-state index in [0.29, 0.717) is 27.6 Å². The van der Waals surface area contributed by atoms with Gasteiger partial charge in [-0.2, -0.15) is 0 Å². The van der Waals surface area contributed by atoms with Gasteiger partial charge in [0.25, 0.3) is 5.91 Å². The molecule has 2 aromatic heterocycles. The second-order valence-electron chi connectivity index (χ2n) is 8.92. The molecule has 168 valence electrons. The maximum absolute atomic E-state index is 13.7. The lowest BCUT2D eigenvalue weighted by atomic mass is 9.97. The number of aryl methyl sites for hydroxylation is 2. The number of hydrogen-bond donors (Lipinski definition) is 0. The second kappa shape index (κ2) is 8.23. The van der Waals surface area contributed by atoms with Crippen molar-refractivity contribution in [3.05, 3.63) is 85.7 Å². The van der Waals surface area contributed by atoms with E-state index < -0.39 is 6.04 Å². The lowest BCUT2D eigenvalue weighted by molar-refractivity contribution is 0.0970. The van der Waals surface area contributed by atoms with Gasteiger partial charge in [0.05, 0.1) is 17.0 Å². The molecule has 0 saturated heterocycles. The number of carbonyl (C=O) groups excluding carboxylic acids is 1. The van der Waals surface area contributed by atoms with Gasteiger partial charge in [-0.1, -0.05) is 68.0 Å². The van der Waals surface area contributed by atoms with Crippen molar-refractivity contribution >= 4 is 33.3 Å². The molecule has 1 aliphatic rings. The van der Waals surface area contributed by atoms with Gasteiger partial charge in [0.1, 0.15) is 10.6 Å². The third kappa shape index (κ3) is 3.66. The molecule has 0 fully saturated rings. The Balaban J connectivity index is 1.73. The van der Waals surface area contributed by atoms with E-state index in [1.54, 1.807) is 11.0 Å². The predicted octanol–water partition coefficient (Wildman–Crippen LogP) is 5.46. The quantitative estimate of drug-likeness (QED) is 0.396. The first-order chi connectivity index (χ1) is 15.9. The van der Waals surface area contributed by atoms with Gasteiger partial charge in [-0.15, -0.1) is 10.2 Å². The van der Waals surface area contributed by atoms with Gasteiger partial charge in [0.2, 0.25) is 10.9 Å². The molecule has 0 aliphatic carbocycles. The van der Waals surface area contributed by atoms with Crippen molar-refractivity contribution in [3.8, 4) is 0 Å². The summed E-state index contributed by atoms with van der Waals surface area (Å²) < 4.78 is 6.04. The molecule has 4 aromatic rings. The molecule has 1 aliphatic heterocycles. The molecular weight excluding hydrogens is 434 g/mol. The number of amides is 1. The van der Waals surface area contributed by atoms with Crippen LogP contribution < -0.4 is 10.3 Å². The minimum atomic E-state index is -0.612. The molecule has 0 N–H and O–H groups in total. The number of anilines is 1. The summed E-state index contributed by atoms with van der Waals surface area (Å²) in [6.07, 6.45) is 1.69. The first-order valence-electron chi connectivity index (χ1n) is 11.2. The normalized spacial score (nSPS) is 15.6. The molecule has 0 radical (unpaired) electrons. The summed E-state index contributed by atoms with van der Waals surface area (Å²) in [7, 11) is 0. The Bertz CT molecular complexity index is 1420. The van der Waals surface area contributed by atoms with Gasteiger partial charge in [0, 0.05) is 6.42 Å². The van der Waals surface area contributed by atoms with Gasteiger partial charge < -0.3 is 4.42 Å². The molecule has 7 heteroatoms. The van der Waals surface area contributed by atoms with Crippen molar-refractivity contribution in [1.82, 2.24) is 10.2 Å². The zero-order chi connectivity index (χ0) is 23.3.